The highest BCUT2D eigenvalue weighted by Gasteiger charge is 2.13. The van der Waals surface area contributed by atoms with Gasteiger partial charge in [0.25, 0.3) is 20.2 Å². The summed E-state index contributed by atoms with van der Waals surface area (Å²) in [6, 6.07) is 0. The zero-order chi connectivity index (χ0) is 11.2. The monoisotopic (exact) mass is 362 g/mol. The molecule has 0 amide bonds. The third-order valence-electron chi connectivity index (χ3n) is 1.23. The van der Waals surface area contributed by atoms with E-state index in [0.717, 1.165) is 0 Å². The highest BCUT2D eigenvalue weighted by Crippen LogP contribution is 2.05. The highest BCUT2D eigenvalue weighted by molar-refractivity contribution is 14.1. The van der Waals surface area contributed by atoms with Crippen molar-refractivity contribution in [3.05, 3.63) is 0 Å². The molecule has 0 N–H and O–H groups in total. The van der Waals surface area contributed by atoms with Crippen molar-refractivity contribution in [1.29, 1.82) is 0 Å². The number of rotatable bonds is 7. The van der Waals surface area contributed by atoms with Crippen LogP contribution in [0.5, 0.6) is 0 Å². The van der Waals surface area contributed by atoms with Crippen LogP contribution in [0.4, 0.5) is 4.53 Å². The first kappa shape index (κ1) is 14.5. The van der Waals surface area contributed by atoms with E-state index < -0.39 is 26.0 Å². The normalized spacial score (nSPS) is 13.0. The molecule has 0 fully saturated rings. The fourth-order valence-corrected chi connectivity index (χ4v) is 2.40. The maximum atomic E-state index is 11.3. The molecule has 0 aromatic rings. The Balaban J connectivity index is 3.79. The van der Waals surface area contributed by atoms with Crippen molar-refractivity contribution < 1.29 is 28.3 Å². The van der Waals surface area contributed by atoms with Crippen LogP contribution in [0.15, 0.2) is 0 Å². The summed E-state index contributed by atoms with van der Waals surface area (Å²) in [6.45, 7) is 0. The molecule has 14 heavy (non-hydrogen) atoms. The lowest BCUT2D eigenvalue weighted by molar-refractivity contribution is 0.00290. The maximum absolute atomic E-state index is 11.3. The van der Waals surface area contributed by atoms with Crippen LogP contribution in [0.1, 0.15) is 12.8 Å². The summed E-state index contributed by atoms with van der Waals surface area (Å²) in [5, 5.41) is 0. The smallest absolute Gasteiger partial charge is 0.199 e. The summed E-state index contributed by atoms with van der Waals surface area (Å²) >= 11 is 1.21. The first-order valence-corrected chi connectivity index (χ1v) is 7.42. The van der Waals surface area contributed by atoms with Gasteiger partial charge in [0.15, 0.2) is 0 Å². The Bertz CT molecular complexity index is 312. The van der Waals surface area contributed by atoms with E-state index in [0.29, 0.717) is 0 Å². The molecule has 10 heteroatoms. The summed E-state index contributed by atoms with van der Waals surface area (Å²) in [5.41, 5.74) is 0. The summed E-state index contributed by atoms with van der Waals surface area (Å²) in [6.07, 6.45) is 0.0550. The van der Waals surface area contributed by atoms with Crippen LogP contribution in [0.3, 0.4) is 0 Å². The Labute approximate surface area is 95.6 Å². The third kappa shape index (κ3) is 6.86. The van der Waals surface area contributed by atoms with Crippen molar-refractivity contribution in [3.63, 3.8) is 0 Å². The van der Waals surface area contributed by atoms with Crippen LogP contribution in [0.25, 0.3) is 0 Å². The Kier molecular flexibility index (Phi) is 6.36. The summed E-state index contributed by atoms with van der Waals surface area (Å²) < 4.78 is 60.3. The van der Waals surface area contributed by atoms with E-state index in [1.54, 1.807) is 0 Å². The molecule has 0 saturated heterocycles. The largest absolute Gasteiger partial charge is 0.297 e. The number of hydrogen-bond donors (Lipinski definition) is 0. The zero-order valence-corrected chi connectivity index (χ0v) is 10.6. The van der Waals surface area contributed by atoms with Crippen LogP contribution < -0.4 is 0 Å². The van der Waals surface area contributed by atoms with Gasteiger partial charge in [0, 0.05) is 0 Å². The molecule has 0 heterocycles. The molecule has 0 aromatic heterocycles. The maximum Gasteiger partial charge on any atom is 0.297 e. The Morgan fingerprint density at radius 2 is 1.43 bits per heavy atom. The minimum atomic E-state index is -4.15. The van der Waals surface area contributed by atoms with Gasteiger partial charge in [-0.05, 0) is 17.4 Å². The van der Waals surface area contributed by atoms with E-state index in [4.69, 9.17) is 0 Å². The number of unbranched alkanes of at least 4 members (excludes halogenated alkanes) is 1. The molecule has 0 atom stereocenters. The predicted molar refractivity (Wildman–Crippen MR) is 54.1 cm³/mol. The van der Waals surface area contributed by atoms with Gasteiger partial charge in [-0.15, -0.1) is 0 Å². The second-order valence-corrected chi connectivity index (χ2v) is 6.73. The topological polar surface area (TPSA) is 86.7 Å². The first-order chi connectivity index (χ1) is 6.33. The van der Waals surface area contributed by atoms with Gasteiger partial charge in [-0.3, -0.25) is 0 Å². The van der Waals surface area contributed by atoms with E-state index in [9.17, 15) is 21.4 Å². The number of halogens is 2. The SMILES string of the molecule is O=S(=O)(CCCCS(=O)(=O)OI)OF. The lowest BCUT2D eigenvalue weighted by Gasteiger charge is -1.99. The van der Waals surface area contributed by atoms with Gasteiger partial charge in [-0.25, -0.2) is 0 Å². The van der Waals surface area contributed by atoms with Gasteiger partial charge < -0.3 is 0 Å². The van der Waals surface area contributed by atoms with Gasteiger partial charge >= 0.3 is 0 Å². The van der Waals surface area contributed by atoms with Crippen molar-refractivity contribution in [2.75, 3.05) is 11.5 Å². The molecule has 0 unspecified atom stereocenters. The lowest BCUT2D eigenvalue weighted by atomic mass is 10.4. The Hall–Kier alpha value is 0.480. The van der Waals surface area contributed by atoms with Crippen molar-refractivity contribution >= 4 is 43.2 Å². The molecule has 0 bridgehead atoms. The van der Waals surface area contributed by atoms with Crippen LogP contribution in [-0.2, 0) is 27.1 Å². The summed E-state index contributed by atoms with van der Waals surface area (Å²) in [4.78, 5) is 0. The van der Waals surface area contributed by atoms with Crippen LogP contribution in [-0.4, -0.2) is 28.3 Å². The fraction of sp³-hybridized carbons (Fsp3) is 1.00. The minimum Gasteiger partial charge on any atom is -0.199 e. The van der Waals surface area contributed by atoms with Crippen LogP contribution in [0.2, 0.25) is 0 Å². The second kappa shape index (κ2) is 6.15. The van der Waals surface area contributed by atoms with Crippen LogP contribution in [0, 0.1) is 0 Å². The highest BCUT2D eigenvalue weighted by atomic mass is 127. The first-order valence-electron chi connectivity index (χ1n) is 3.39. The predicted octanol–water partition coefficient (Wildman–Crippen LogP) is 0.694. The van der Waals surface area contributed by atoms with Gasteiger partial charge in [0.1, 0.15) is 23.0 Å². The molecule has 0 spiro atoms. The van der Waals surface area contributed by atoms with E-state index >= 15 is 0 Å². The third-order valence-corrected chi connectivity index (χ3v) is 4.84. The zero-order valence-electron chi connectivity index (χ0n) is 6.85. The molecule has 0 radical (unpaired) electrons. The van der Waals surface area contributed by atoms with Crippen molar-refractivity contribution in [3.8, 4) is 0 Å². The van der Waals surface area contributed by atoms with E-state index in [1.165, 1.54) is 23.0 Å². The minimum absolute atomic E-state index is 0.00845. The van der Waals surface area contributed by atoms with Crippen molar-refractivity contribution in [2.45, 2.75) is 12.8 Å². The molecule has 6 nitrogen and oxygen atoms in total. The lowest BCUT2D eigenvalue weighted by Crippen LogP contribution is -2.09. The van der Waals surface area contributed by atoms with E-state index in [2.05, 4.69) is 6.90 Å². The number of hydrogen-bond acceptors (Lipinski definition) is 6. The van der Waals surface area contributed by atoms with Gasteiger partial charge in [-0.1, -0.05) is 4.39 Å². The van der Waals surface area contributed by atoms with Gasteiger partial charge in [-0.2, -0.15) is 19.3 Å². The Morgan fingerprint density at radius 3 is 1.79 bits per heavy atom. The van der Waals surface area contributed by atoms with Gasteiger partial charge in [0.05, 0.1) is 11.5 Å². The average Bonchev–Trinajstić information content (AvgIpc) is 2.13. The molecule has 0 rings (SSSR count). The summed E-state index contributed by atoms with van der Waals surface area (Å²) in [7, 11) is -7.73. The molecular weight excluding hydrogens is 354 g/mol. The second-order valence-electron chi connectivity index (χ2n) is 2.36. The summed E-state index contributed by atoms with van der Waals surface area (Å²) in [5.74, 6) is -0.863. The molecule has 0 aliphatic heterocycles. The quantitative estimate of drug-likeness (QED) is 0.489. The van der Waals surface area contributed by atoms with Gasteiger partial charge in [0.2, 0.25) is 0 Å². The molecule has 0 aromatic carbocycles. The molecule has 0 aliphatic rings. The molecule has 0 saturated carbocycles. The Morgan fingerprint density at radius 1 is 1.00 bits per heavy atom. The van der Waals surface area contributed by atoms with Crippen molar-refractivity contribution in [1.82, 2.24) is 0 Å². The molecule has 0 aliphatic carbocycles. The van der Waals surface area contributed by atoms with E-state index in [-0.39, 0.29) is 18.6 Å². The van der Waals surface area contributed by atoms with Crippen molar-refractivity contribution in [2.24, 2.45) is 0 Å². The average molecular weight is 362 g/mol. The van der Waals surface area contributed by atoms with Crippen LogP contribution >= 0.6 is 23.0 Å². The fourth-order valence-electron chi connectivity index (χ4n) is 0.621. The molecule has 86 valence electrons. The molecular formula is C4H8FIO6S2. The standard InChI is InChI=1S/C4H8FIO6S2/c5-11-13(7,8)3-1-2-4-14(9,10)12-6/h1-4H2. The van der Waals surface area contributed by atoms with E-state index in [1.807, 2.05) is 0 Å².